The van der Waals surface area contributed by atoms with Gasteiger partial charge in [-0.3, -0.25) is 4.79 Å². The lowest BCUT2D eigenvalue weighted by Crippen LogP contribution is -2.18. The van der Waals surface area contributed by atoms with Crippen LogP contribution >= 0.6 is 0 Å². The van der Waals surface area contributed by atoms with Gasteiger partial charge in [-0.25, -0.2) is 0 Å². The zero-order valence-electron chi connectivity index (χ0n) is 6.98. The van der Waals surface area contributed by atoms with Crippen molar-refractivity contribution in [2.24, 2.45) is 0 Å². The predicted molar refractivity (Wildman–Crippen MR) is 47.0 cm³/mol. The van der Waals surface area contributed by atoms with Gasteiger partial charge >= 0.3 is 0 Å². The molecule has 0 spiro atoms. The molecule has 2 heteroatoms. The van der Waals surface area contributed by atoms with E-state index in [0.717, 1.165) is 23.2 Å². The molecule has 0 atom stereocenters. The Morgan fingerprint density at radius 1 is 1.42 bits per heavy atom. The normalized spacial score (nSPS) is 15.2. The summed E-state index contributed by atoms with van der Waals surface area (Å²) >= 11 is 0. The summed E-state index contributed by atoms with van der Waals surface area (Å²) in [5.41, 5.74) is 3.19. The highest BCUT2D eigenvalue weighted by atomic mass is 16.1. The fourth-order valence-corrected chi connectivity index (χ4v) is 1.42. The lowest BCUT2D eigenvalue weighted by molar-refractivity contribution is -0.116. The molecule has 1 radical (unpaired) electrons. The number of hydrogen-bond acceptors (Lipinski definition) is 1. The quantitative estimate of drug-likeness (QED) is 0.614. The number of rotatable bonds is 0. The lowest BCUT2D eigenvalue weighted by Gasteiger charge is -2.16. The van der Waals surface area contributed by atoms with Crippen molar-refractivity contribution in [3.63, 3.8) is 0 Å². The molecule has 0 aliphatic carbocycles. The van der Waals surface area contributed by atoms with Crippen molar-refractivity contribution in [2.75, 3.05) is 5.32 Å². The number of carbonyl (C=O) groups is 1. The second-order valence-electron chi connectivity index (χ2n) is 3.08. The minimum Gasteiger partial charge on any atom is -0.326 e. The Hall–Kier alpha value is -1.31. The summed E-state index contributed by atoms with van der Waals surface area (Å²) in [4.78, 5) is 11.0. The van der Waals surface area contributed by atoms with Gasteiger partial charge in [0.25, 0.3) is 0 Å². The number of anilines is 1. The summed E-state index contributed by atoms with van der Waals surface area (Å²) < 4.78 is 0. The van der Waals surface area contributed by atoms with Crippen molar-refractivity contribution in [2.45, 2.75) is 19.8 Å². The van der Waals surface area contributed by atoms with E-state index < -0.39 is 0 Å². The van der Waals surface area contributed by atoms with E-state index in [2.05, 4.69) is 11.4 Å². The van der Waals surface area contributed by atoms with Gasteiger partial charge in [0.05, 0.1) is 0 Å². The molecule has 1 aromatic carbocycles. The van der Waals surface area contributed by atoms with Crippen LogP contribution in [-0.4, -0.2) is 5.91 Å². The summed E-state index contributed by atoms with van der Waals surface area (Å²) in [7, 11) is 0. The van der Waals surface area contributed by atoms with Crippen molar-refractivity contribution in [1.29, 1.82) is 0 Å². The first kappa shape index (κ1) is 7.35. The van der Waals surface area contributed by atoms with Crippen LogP contribution in [0, 0.1) is 13.0 Å². The molecular formula is C10H10NO. The van der Waals surface area contributed by atoms with Gasteiger partial charge in [0.2, 0.25) is 5.91 Å². The maximum absolute atomic E-state index is 11.0. The zero-order valence-corrected chi connectivity index (χ0v) is 6.98. The van der Waals surface area contributed by atoms with Crippen LogP contribution in [0.4, 0.5) is 5.69 Å². The fraction of sp³-hybridized carbons (Fsp3) is 0.300. The maximum Gasteiger partial charge on any atom is 0.224 e. The van der Waals surface area contributed by atoms with Gasteiger partial charge in [0.15, 0.2) is 0 Å². The first-order valence-electron chi connectivity index (χ1n) is 4.07. The standard InChI is InChI=1S/C10H10NO/c1-7-2-4-9-8(6-7)3-5-10(12)11-9/h2,4H,3,5H2,1H3,(H,11,12). The Kier molecular flexibility index (Phi) is 1.61. The zero-order chi connectivity index (χ0) is 8.55. The Balaban J connectivity index is 2.43. The van der Waals surface area contributed by atoms with Crippen LogP contribution in [0.25, 0.3) is 0 Å². The molecule has 12 heavy (non-hydrogen) atoms. The molecule has 1 aliphatic heterocycles. The number of benzene rings is 1. The van der Waals surface area contributed by atoms with Crippen molar-refractivity contribution in [3.8, 4) is 0 Å². The molecule has 0 saturated carbocycles. The van der Waals surface area contributed by atoms with Crippen LogP contribution in [0.15, 0.2) is 12.1 Å². The van der Waals surface area contributed by atoms with Crippen molar-refractivity contribution >= 4 is 11.6 Å². The topological polar surface area (TPSA) is 29.1 Å². The molecule has 2 rings (SSSR count). The summed E-state index contributed by atoms with van der Waals surface area (Å²) in [5.74, 6) is 0.111. The molecule has 1 heterocycles. The first-order chi connectivity index (χ1) is 5.75. The highest BCUT2D eigenvalue weighted by molar-refractivity contribution is 5.93. The van der Waals surface area contributed by atoms with E-state index >= 15 is 0 Å². The molecule has 0 aromatic heterocycles. The minimum atomic E-state index is 0.111. The largest absolute Gasteiger partial charge is 0.326 e. The van der Waals surface area contributed by atoms with E-state index in [9.17, 15) is 4.79 Å². The highest BCUT2D eigenvalue weighted by Gasteiger charge is 2.13. The molecule has 1 aromatic rings. The van der Waals surface area contributed by atoms with Crippen molar-refractivity contribution in [1.82, 2.24) is 0 Å². The lowest BCUT2D eigenvalue weighted by atomic mass is 10.0. The number of amides is 1. The number of aryl methyl sites for hydroxylation is 2. The summed E-state index contributed by atoms with van der Waals surface area (Å²) in [6, 6.07) is 7.14. The second kappa shape index (κ2) is 2.63. The third kappa shape index (κ3) is 1.20. The van der Waals surface area contributed by atoms with E-state index in [1.165, 1.54) is 0 Å². The molecule has 0 saturated heterocycles. The highest BCUT2D eigenvalue weighted by Crippen LogP contribution is 2.22. The molecular weight excluding hydrogens is 150 g/mol. The van der Waals surface area contributed by atoms with Gasteiger partial charge in [0.1, 0.15) is 0 Å². The third-order valence-electron chi connectivity index (χ3n) is 2.05. The number of hydrogen-bond donors (Lipinski definition) is 1. The molecule has 0 fully saturated rings. The van der Waals surface area contributed by atoms with Crippen LogP contribution in [0.3, 0.4) is 0 Å². The molecule has 1 amide bonds. The van der Waals surface area contributed by atoms with Gasteiger partial charge in [-0.2, -0.15) is 0 Å². The third-order valence-corrected chi connectivity index (χ3v) is 2.05. The van der Waals surface area contributed by atoms with Gasteiger partial charge in [-0.05, 0) is 36.6 Å². The summed E-state index contributed by atoms with van der Waals surface area (Å²) in [6.45, 7) is 2.01. The van der Waals surface area contributed by atoms with Crippen LogP contribution in [-0.2, 0) is 11.2 Å². The molecule has 0 unspecified atom stereocenters. The van der Waals surface area contributed by atoms with E-state index in [-0.39, 0.29) is 5.91 Å². The first-order valence-corrected chi connectivity index (χ1v) is 4.07. The molecule has 1 aliphatic rings. The average Bonchev–Trinajstić information content (AvgIpc) is 2.05. The number of carbonyl (C=O) groups excluding carboxylic acids is 1. The van der Waals surface area contributed by atoms with Crippen molar-refractivity contribution in [3.05, 3.63) is 29.3 Å². The predicted octanol–water partition coefficient (Wildman–Crippen LogP) is 1.68. The van der Waals surface area contributed by atoms with Gasteiger partial charge in [-0.1, -0.05) is 6.07 Å². The number of nitrogens with one attached hydrogen (secondary N) is 1. The van der Waals surface area contributed by atoms with Crippen molar-refractivity contribution < 1.29 is 4.79 Å². The summed E-state index contributed by atoms with van der Waals surface area (Å²) in [6.07, 6.45) is 1.41. The molecule has 1 N–H and O–H groups in total. The van der Waals surface area contributed by atoms with Crippen LogP contribution < -0.4 is 5.32 Å². The molecule has 61 valence electrons. The minimum absolute atomic E-state index is 0.111. The Morgan fingerprint density at radius 3 is 3.08 bits per heavy atom. The van der Waals surface area contributed by atoms with E-state index in [1.54, 1.807) is 0 Å². The number of fused-ring (bicyclic) bond motifs is 1. The van der Waals surface area contributed by atoms with Gasteiger partial charge in [-0.15, -0.1) is 0 Å². The monoisotopic (exact) mass is 160 g/mol. The van der Waals surface area contributed by atoms with E-state index in [0.29, 0.717) is 6.42 Å². The fourth-order valence-electron chi connectivity index (χ4n) is 1.42. The van der Waals surface area contributed by atoms with Crippen LogP contribution in [0.2, 0.25) is 0 Å². The van der Waals surface area contributed by atoms with Crippen LogP contribution in [0.5, 0.6) is 0 Å². The van der Waals surface area contributed by atoms with E-state index in [1.807, 2.05) is 19.1 Å². The van der Waals surface area contributed by atoms with E-state index in [4.69, 9.17) is 0 Å². The van der Waals surface area contributed by atoms with Gasteiger partial charge in [0, 0.05) is 12.1 Å². The Bertz CT molecular complexity index is 331. The molecule has 0 bridgehead atoms. The second-order valence-corrected chi connectivity index (χ2v) is 3.08. The molecule has 2 nitrogen and oxygen atoms in total. The van der Waals surface area contributed by atoms with Crippen LogP contribution in [0.1, 0.15) is 17.5 Å². The SMILES string of the molecule is Cc1[c]c2c(cc1)NC(=O)CC2. The smallest absolute Gasteiger partial charge is 0.224 e. The maximum atomic E-state index is 11.0. The summed E-state index contributed by atoms with van der Waals surface area (Å²) in [5, 5.41) is 2.82. The Labute approximate surface area is 71.6 Å². The average molecular weight is 160 g/mol. The van der Waals surface area contributed by atoms with Gasteiger partial charge < -0.3 is 5.32 Å². The Morgan fingerprint density at radius 2 is 2.25 bits per heavy atom.